The van der Waals surface area contributed by atoms with Crippen molar-refractivity contribution in [3.8, 4) is 0 Å². The van der Waals surface area contributed by atoms with Gasteiger partial charge in [-0.3, -0.25) is 4.99 Å². The van der Waals surface area contributed by atoms with Crippen LogP contribution in [0.25, 0.3) is 0 Å². The SMILES string of the molecule is CC=NC1CCN(C)C1. The van der Waals surface area contributed by atoms with Crippen molar-refractivity contribution in [2.24, 2.45) is 4.99 Å². The number of aliphatic imine (C=N–C) groups is 1. The summed E-state index contributed by atoms with van der Waals surface area (Å²) in [5.41, 5.74) is 0. The first kappa shape index (κ1) is 6.75. The third kappa shape index (κ3) is 1.79. The molecule has 0 spiro atoms. The molecule has 1 unspecified atom stereocenters. The van der Waals surface area contributed by atoms with E-state index in [9.17, 15) is 0 Å². The fourth-order valence-corrected chi connectivity index (χ4v) is 1.24. The van der Waals surface area contributed by atoms with Crippen molar-refractivity contribution >= 4 is 6.21 Å². The van der Waals surface area contributed by atoms with Gasteiger partial charge < -0.3 is 4.90 Å². The first-order chi connectivity index (χ1) is 4.33. The monoisotopic (exact) mass is 126 g/mol. The molecule has 2 heteroatoms. The van der Waals surface area contributed by atoms with E-state index in [0.29, 0.717) is 6.04 Å². The van der Waals surface area contributed by atoms with Crippen LogP contribution in [0.15, 0.2) is 4.99 Å². The molecule has 0 bridgehead atoms. The number of hydrogen-bond donors (Lipinski definition) is 0. The van der Waals surface area contributed by atoms with Gasteiger partial charge in [0.05, 0.1) is 6.04 Å². The smallest absolute Gasteiger partial charge is 0.0634 e. The molecule has 0 radical (unpaired) electrons. The first-order valence-electron chi connectivity index (χ1n) is 3.49. The Labute approximate surface area is 56.6 Å². The van der Waals surface area contributed by atoms with Crippen molar-refractivity contribution in [3.05, 3.63) is 0 Å². The summed E-state index contributed by atoms with van der Waals surface area (Å²) in [5.74, 6) is 0. The lowest BCUT2D eigenvalue weighted by Gasteiger charge is -2.04. The fraction of sp³-hybridized carbons (Fsp3) is 0.857. The van der Waals surface area contributed by atoms with Gasteiger partial charge in [-0.2, -0.15) is 0 Å². The summed E-state index contributed by atoms with van der Waals surface area (Å²) < 4.78 is 0. The van der Waals surface area contributed by atoms with Crippen molar-refractivity contribution in [3.63, 3.8) is 0 Å². The maximum atomic E-state index is 4.31. The predicted octanol–water partition coefficient (Wildman–Crippen LogP) is 0.781. The summed E-state index contributed by atoms with van der Waals surface area (Å²) in [5, 5.41) is 0. The Morgan fingerprint density at radius 1 is 1.67 bits per heavy atom. The molecule has 9 heavy (non-hydrogen) atoms. The summed E-state index contributed by atoms with van der Waals surface area (Å²) in [6, 6.07) is 0.583. The van der Waals surface area contributed by atoms with E-state index in [-0.39, 0.29) is 0 Å². The Balaban J connectivity index is 2.30. The Hall–Kier alpha value is -0.370. The predicted molar refractivity (Wildman–Crippen MR) is 40.1 cm³/mol. The molecule has 0 aromatic heterocycles. The van der Waals surface area contributed by atoms with Crippen LogP contribution < -0.4 is 0 Å². The fourth-order valence-electron chi connectivity index (χ4n) is 1.24. The largest absolute Gasteiger partial charge is 0.304 e. The zero-order chi connectivity index (χ0) is 6.69. The van der Waals surface area contributed by atoms with E-state index >= 15 is 0 Å². The Morgan fingerprint density at radius 3 is 2.89 bits per heavy atom. The number of nitrogens with zero attached hydrogens (tertiary/aromatic N) is 2. The second kappa shape index (κ2) is 2.97. The molecule has 1 aliphatic heterocycles. The molecular weight excluding hydrogens is 112 g/mol. The molecule has 52 valence electrons. The van der Waals surface area contributed by atoms with Crippen LogP contribution in [-0.2, 0) is 0 Å². The average molecular weight is 126 g/mol. The van der Waals surface area contributed by atoms with Gasteiger partial charge in [0.1, 0.15) is 0 Å². The van der Waals surface area contributed by atoms with Gasteiger partial charge in [0.2, 0.25) is 0 Å². The third-order valence-corrected chi connectivity index (χ3v) is 1.73. The van der Waals surface area contributed by atoms with Gasteiger partial charge in [0.25, 0.3) is 0 Å². The van der Waals surface area contributed by atoms with Crippen LogP contribution in [0.5, 0.6) is 0 Å². The van der Waals surface area contributed by atoms with Crippen molar-refractivity contribution in [2.45, 2.75) is 19.4 Å². The zero-order valence-electron chi connectivity index (χ0n) is 6.17. The standard InChI is InChI=1S/C7H14N2/c1-3-8-7-4-5-9(2)6-7/h3,7H,4-6H2,1-2H3. The minimum absolute atomic E-state index is 0.583. The molecule has 1 aliphatic rings. The number of likely N-dealkylation sites (N-methyl/N-ethyl adjacent to an activating group) is 1. The van der Waals surface area contributed by atoms with Crippen molar-refractivity contribution in [2.75, 3.05) is 20.1 Å². The molecule has 1 atom stereocenters. The van der Waals surface area contributed by atoms with Crippen LogP contribution in [0, 0.1) is 0 Å². The highest BCUT2D eigenvalue weighted by Gasteiger charge is 2.16. The van der Waals surface area contributed by atoms with Crippen molar-refractivity contribution in [1.29, 1.82) is 0 Å². The Bertz CT molecular complexity index is 109. The van der Waals surface area contributed by atoms with Gasteiger partial charge in [0, 0.05) is 6.54 Å². The molecule has 1 fully saturated rings. The molecular formula is C7H14N2. The van der Waals surface area contributed by atoms with Crippen molar-refractivity contribution in [1.82, 2.24) is 4.90 Å². The summed E-state index contributed by atoms with van der Waals surface area (Å²) in [6.07, 6.45) is 3.14. The molecule has 1 heterocycles. The number of likely N-dealkylation sites (tertiary alicyclic amines) is 1. The number of rotatable bonds is 1. The third-order valence-electron chi connectivity index (χ3n) is 1.73. The highest BCUT2D eigenvalue weighted by atomic mass is 15.1. The Kier molecular flexibility index (Phi) is 2.22. The van der Waals surface area contributed by atoms with Gasteiger partial charge in [-0.15, -0.1) is 0 Å². The van der Waals surface area contributed by atoms with Crippen LogP contribution in [-0.4, -0.2) is 37.3 Å². The molecule has 0 N–H and O–H groups in total. The molecule has 0 aromatic carbocycles. The summed E-state index contributed by atoms with van der Waals surface area (Å²) in [7, 11) is 2.14. The van der Waals surface area contributed by atoms with Crippen molar-refractivity contribution < 1.29 is 0 Å². The van der Waals surface area contributed by atoms with Crippen LogP contribution >= 0.6 is 0 Å². The van der Waals surface area contributed by atoms with E-state index in [4.69, 9.17) is 0 Å². The van der Waals surface area contributed by atoms with Gasteiger partial charge in [-0.25, -0.2) is 0 Å². The van der Waals surface area contributed by atoms with E-state index in [1.807, 2.05) is 13.1 Å². The van der Waals surface area contributed by atoms with E-state index in [1.54, 1.807) is 0 Å². The van der Waals surface area contributed by atoms with Gasteiger partial charge in [0.15, 0.2) is 0 Å². The maximum absolute atomic E-state index is 4.31. The van der Waals surface area contributed by atoms with E-state index < -0.39 is 0 Å². The lowest BCUT2D eigenvalue weighted by molar-refractivity contribution is 0.412. The maximum Gasteiger partial charge on any atom is 0.0634 e. The minimum Gasteiger partial charge on any atom is -0.304 e. The first-order valence-corrected chi connectivity index (χ1v) is 3.49. The molecule has 0 aromatic rings. The van der Waals surface area contributed by atoms with Crippen LogP contribution in [0.3, 0.4) is 0 Å². The average Bonchev–Trinajstić information content (AvgIpc) is 2.17. The highest BCUT2D eigenvalue weighted by Crippen LogP contribution is 2.08. The summed E-state index contributed by atoms with van der Waals surface area (Å²) in [4.78, 5) is 6.62. The van der Waals surface area contributed by atoms with Crippen LogP contribution in [0.1, 0.15) is 13.3 Å². The number of hydrogen-bond acceptors (Lipinski definition) is 2. The summed E-state index contributed by atoms with van der Waals surface area (Å²) >= 11 is 0. The van der Waals surface area contributed by atoms with Gasteiger partial charge >= 0.3 is 0 Å². The van der Waals surface area contributed by atoms with E-state index in [0.717, 1.165) is 6.54 Å². The highest BCUT2D eigenvalue weighted by molar-refractivity contribution is 5.53. The molecule has 0 saturated carbocycles. The van der Waals surface area contributed by atoms with E-state index in [1.165, 1.54) is 13.0 Å². The molecule has 0 aliphatic carbocycles. The lowest BCUT2D eigenvalue weighted by Crippen LogP contribution is -2.15. The molecule has 1 saturated heterocycles. The topological polar surface area (TPSA) is 15.6 Å². The second-order valence-corrected chi connectivity index (χ2v) is 2.61. The molecule has 0 amide bonds. The normalized spacial score (nSPS) is 30.2. The van der Waals surface area contributed by atoms with Gasteiger partial charge in [-0.1, -0.05) is 0 Å². The van der Waals surface area contributed by atoms with E-state index in [2.05, 4.69) is 16.9 Å². The van der Waals surface area contributed by atoms with Crippen LogP contribution in [0.2, 0.25) is 0 Å². The quantitative estimate of drug-likeness (QED) is 0.474. The van der Waals surface area contributed by atoms with Gasteiger partial charge in [-0.05, 0) is 33.2 Å². The second-order valence-electron chi connectivity index (χ2n) is 2.61. The lowest BCUT2D eigenvalue weighted by atomic mass is 10.3. The minimum atomic E-state index is 0.583. The molecule has 1 rings (SSSR count). The Morgan fingerprint density at radius 2 is 2.44 bits per heavy atom. The molecule has 2 nitrogen and oxygen atoms in total. The van der Waals surface area contributed by atoms with Crippen LogP contribution in [0.4, 0.5) is 0 Å². The summed E-state index contributed by atoms with van der Waals surface area (Å²) in [6.45, 7) is 4.34. The zero-order valence-corrected chi connectivity index (χ0v) is 6.17.